The van der Waals surface area contributed by atoms with Crippen molar-refractivity contribution in [2.45, 2.75) is 6.54 Å². The van der Waals surface area contributed by atoms with Crippen LogP contribution in [0.1, 0.15) is 5.56 Å². The van der Waals surface area contributed by atoms with Crippen molar-refractivity contribution in [3.8, 4) is 34.1 Å². The fourth-order valence-corrected chi connectivity index (χ4v) is 4.42. The summed E-state index contributed by atoms with van der Waals surface area (Å²) >= 11 is 6.52. The van der Waals surface area contributed by atoms with Crippen molar-refractivity contribution in [1.82, 2.24) is 29.8 Å². The molecule has 202 valence electrons. The predicted molar refractivity (Wildman–Crippen MR) is 145 cm³/mol. The van der Waals surface area contributed by atoms with Gasteiger partial charge in [-0.25, -0.2) is 29.3 Å². The molecule has 13 heteroatoms. The van der Waals surface area contributed by atoms with E-state index in [9.17, 15) is 0 Å². The summed E-state index contributed by atoms with van der Waals surface area (Å²) in [5.74, 6) is 0.410. The number of hydrogen-bond acceptors (Lipinski definition) is 11. The summed E-state index contributed by atoms with van der Waals surface area (Å²) in [5, 5.41) is 3.15. The number of halogens is 2. The number of benzene rings is 1. The van der Waals surface area contributed by atoms with Crippen LogP contribution in [0.3, 0.4) is 0 Å². The lowest BCUT2D eigenvalue weighted by Crippen LogP contribution is -2.35. The summed E-state index contributed by atoms with van der Waals surface area (Å²) in [6.07, 6.45) is 4.64. The molecule has 3 N–H and O–H groups in total. The van der Waals surface area contributed by atoms with Gasteiger partial charge in [0.05, 0.1) is 49.3 Å². The lowest BCUT2D eigenvalue weighted by Gasteiger charge is -2.26. The minimum Gasteiger partial charge on any atom is -0.495 e. The molecular weight excluding hydrogens is 527 g/mol. The largest absolute Gasteiger partial charge is 0.495 e. The molecule has 4 heterocycles. The third-order valence-corrected chi connectivity index (χ3v) is 6.51. The number of aromatic nitrogens is 5. The zero-order chi connectivity index (χ0) is 27.4. The SMILES string of the molecule is COc1cc(OC)c(Cl)c(-c2nc(Nc3ccc(CN4CCOCC4)cn3)cc(-c3cncnc3N)n2)c1F. The van der Waals surface area contributed by atoms with Crippen LogP contribution in [0.15, 0.2) is 43.0 Å². The maximum Gasteiger partial charge on any atom is 0.177 e. The quantitative estimate of drug-likeness (QED) is 0.329. The van der Waals surface area contributed by atoms with E-state index >= 15 is 4.39 Å². The average Bonchev–Trinajstić information content (AvgIpc) is 2.95. The summed E-state index contributed by atoms with van der Waals surface area (Å²) in [6, 6.07) is 6.83. The standard InChI is InChI=1S/C26H26ClFN8O3/c1-37-18-10-19(38-2)24(28)22(23(18)27)26-33-17(16-12-30-14-32-25(16)29)9-21(35-26)34-20-4-3-15(11-31-20)13-36-5-7-39-8-6-36/h3-4,9-12,14H,5-8,13H2,1-2H3,(H2,29,30,32)(H,31,33,34,35). The van der Waals surface area contributed by atoms with Gasteiger partial charge in [0.15, 0.2) is 17.4 Å². The van der Waals surface area contributed by atoms with Crippen LogP contribution in [0.5, 0.6) is 11.5 Å². The first-order valence-corrected chi connectivity index (χ1v) is 12.4. The molecule has 1 aromatic carbocycles. The zero-order valence-electron chi connectivity index (χ0n) is 21.3. The van der Waals surface area contributed by atoms with Crippen molar-refractivity contribution in [3.05, 3.63) is 59.4 Å². The number of ether oxygens (including phenoxy) is 3. The molecule has 0 bridgehead atoms. The minimum absolute atomic E-state index is 0.0122. The topological polar surface area (TPSA) is 133 Å². The molecule has 0 saturated carbocycles. The Hall–Kier alpha value is -4.13. The van der Waals surface area contributed by atoms with E-state index < -0.39 is 5.82 Å². The normalized spacial score (nSPS) is 13.7. The van der Waals surface area contributed by atoms with E-state index in [0.717, 1.165) is 38.4 Å². The van der Waals surface area contributed by atoms with Crippen LogP contribution >= 0.6 is 11.6 Å². The molecule has 0 spiro atoms. The van der Waals surface area contributed by atoms with E-state index in [1.807, 2.05) is 12.1 Å². The summed E-state index contributed by atoms with van der Waals surface area (Å²) in [7, 11) is 2.76. The van der Waals surface area contributed by atoms with Gasteiger partial charge in [-0.1, -0.05) is 17.7 Å². The van der Waals surface area contributed by atoms with Gasteiger partial charge in [0, 0.05) is 44.2 Å². The van der Waals surface area contributed by atoms with Gasteiger partial charge in [-0.3, -0.25) is 4.90 Å². The fourth-order valence-electron chi connectivity index (χ4n) is 4.12. The Kier molecular flexibility index (Phi) is 7.96. The number of rotatable bonds is 8. The molecule has 5 rings (SSSR count). The smallest absolute Gasteiger partial charge is 0.177 e. The first-order chi connectivity index (χ1) is 19.0. The third kappa shape index (κ3) is 5.82. The second kappa shape index (κ2) is 11.7. The predicted octanol–water partition coefficient (Wildman–Crippen LogP) is 3.96. The van der Waals surface area contributed by atoms with Crippen LogP contribution in [-0.4, -0.2) is 70.3 Å². The minimum atomic E-state index is -0.741. The van der Waals surface area contributed by atoms with Crippen LogP contribution in [0, 0.1) is 5.82 Å². The Morgan fingerprint density at radius 2 is 1.85 bits per heavy atom. The number of nitrogen functional groups attached to an aromatic ring is 1. The maximum atomic E-state index is 15.5. The Morgan fingerprint density at radius 3 is 2.54 bits per heavy atom. The second-order valence-corrected chi connectivity index (χ2v) is 9.01. The van der Waals surface area contributed by atoms with E-state index in [0.29, 0.717) is 22.9 Å². The van der Waals surface area contributed by atoms with Gasteiger partial charge in [0.1, 0.15) is 29.5 Å². The monoisotopic (exact) mass is 552 g/mol. The molecule has 1 saturated heterocycles. The molecular formula is C26H26ClFN8O3. The molecule has 39 heavy (non-hydrogen) atoms. The van der Waals surface area contributed by atoms with Crippen LogP contribution in [0.4, 0.5) is 21.8 Å². The lowest BCUT2D eigenvalue weighted by atomic mass is 10.1. The lowest BCUT2D eigenvalue weighted by molar-refractivity contribution is 0.0341. The third-order valence-electron chi connectivity index (χ3n) is 6.13. The van der Waals surface area contributed by atoms with Gasteiger partial charge in [0.25, 0.3) is 0 Å². The van der Waals surface area contributed by atoms with E-state index in [2.05, 4.69) is 35.1 Å². The van der Waals surface area contributed by atoms with Crippen LogP contribution < -0.4 is 20.5 Å². The number of morpholine rings is 1. The van der Waals surface area contributed by atoms with Crippen molar-refractivity contribution < 1.29 is 18.6 Å². The summed E-state index contributed by atoms with van der Waals surface area (Å²) in [4.78, 5) is 24.0. The Balaban J connectivity index is 1.54. The van der Waals surface area contributed by atoms with Crippen molar-refractivity contribution in [1.29, 1.82) is 0 Å². The molecule has 1 fully saturated rings. The maximum absolute atomic E-state index is 15.5. The van der Waals surface area contributed by atoms with Gasteiger partial charge in [0.2, 0.25) is 0 Å². The van der Waals surface area contributed by atoms with Crippen LogP contribution in [-0.2, 0) is 11.3 Å². The van der Waals surface area contributed by atoms with Crippen molar-refractivity contribution in [3.63, 3.8) is 0 Å². The summed E-state index contributed by atoms with van der Waals surface area (Å²) < 4.78 is 31.4. The summed E-state index contributed by atoms with van der Waals surface area (Å²) in [5.41, 5.74) is 7.85. The van der Waals surface area contributed by atoms with Gasteiger partial charge >= 0.3 is 0 Å². The average molecular weight is 553 g/mol. The molecule has 1 aliphatic heterocycles. The van der Waals surface area contributed by atoms with E-state index in [-0.39, 0.29) is 33.7 Å². The second-order valence-electron chi connectivity index (χ2n) is 8.63. The van der Waals surface area contributed by atoms with Gasteiger partial charge in [-0.15, -0.1) is 0 Å². The number of nitrogens with zero attached hydrogens (tertiary/aromatic N) is 6. The van der Waals surface area contributed by atoms with E-state index in [4.69, 9.17) is 31.5 Å². The van der Waals surface area contributed by atoms with Gasteiger partial charge in [-0.05, 0) is 11.6 Å². The highest BCUT2D eigenvalue weighted by molar-refractivity contribution is 6.34. The highest BCUT2D eigenvalue weighted by atomic mass is 35.5. The van der Waals surface area contributed by atoms with Crippen molar-refractivity contribution in [2.75, 3.05) is 51.6 Å². The zero-order valence-corrected chi connectivity index (χ0v) is 22.1. The van der Waals surface area contributed by atoms with Gasteiger partial charge in [-0.2, -0.15) is 0 Å². The first-order valence-electron chi connectivity index (χ1n) is 12.0. The molecule has 4 aromatic rings. The molecule has 0 atom stereocenters. The number of nitrogens with two attached hydrogens (primary N) is 1. The Labute approximate surface area is 229 Å². The molecule has 3 aromatic heterocycles. The molecule has 11 nitrogen and oxygen atoms in total. The fraction of sp³-hybridized carbons (Fsp3) is 0.269. The molecule has 0 radical (unpaired) electrons. The number of anilines is 3. The first kappa shape index (κ1) is 26.5. The van der Waals surface area contributed by atoms with E-state index in [1.54, 1.807) is 12.3 Å². The van der Waals surface area contributed by atoms with Crippen LogP contribution in [0.2, 0.25) is 5.02 Å². The van der Waals surface area contributed by atoms with Crippen molar-refractivity contribution in [2.24, 2.45) is 0 Å². The number of methoxy groups -OCH3 is 2. The Bertz CT molecular complexity index is 1440. The van der Waals surface area contributed by atoms with Crippen molar-refractivity contribution >= 4 is 29.1 Å². The van der Waals surface area contributed by atoms with Gasteiger partial charge < -0.3 is 25.3 Å². The molecule has 1 aliphatic rings. The Morgan fingerprint density at radius 1 is 1.05 bits per heavy atom. The number of nitrogens with one attached hydrogen (secondary N) is 1. The highest BCUT2D eigenvalue weighted by Gasteiger charge is 2.24. The molecule has 0 aliphatic carbocycles. The van der Waals surface area contributed by atoms with E-state index in [1.165, 1.54) is 32.8 Å². The number of hydrogen-bond donors (Lipinski definition) is 2. The summed E-state index contributed by atoms with van der Waals surface area (Å²) in [6.45, 7) is 4.00. The number of pyridine rings is 1. The molecule has 0 amide bonds. The molecule has 0 unspecified atom stereocenters. The van der Waals surface area contributed by atoms with Crippen LogP contribution in [0.25, 0.3) is 22.6 Å². The highest BCUT2D eigenvalue weighted by Crippen LogP contribution is 2.42.